The van der Waals surface area contributed by atoms with Crippen molar-refractivity contribution >= 4 is 5.97 Å². The third kappa shape index (κ3) is 4.55. The minimum atomic E-state index is -1.21. The Balaban J connectivity index is 4.25. The zero-order chi connectivity index (χ0) is 11.5. The zero-order valence-electron chi connectivity index (χ0n) is 9.31. The van der Waals surface area contributed by atoms with Crippen molar-refractivity contribution in [3.63, 3.8) is 0 Å². The van der Waals surface area contributed by atoms with Crippen molar-refractivity contribution in [2.45, 2.75) is 45.8 Å². The lowest BCUT2D eigenvalue weighted by Crippen LogP contribution is -2.46. The van der Waals surface area contributed by atoms with Crippen molar-refractivity contribution in [1.82, 2.24) is 4.90 Å². The molecule has 2 atom stereocenters. The van der Waals surface area contributed by atoms with Crippen molar-refractivity contribution in [2.24, 2.45) is 0 Å². The second kappa shape index (κ2) is 4.72. The number of aliphatic hydroxyl groups is 1. The number of likely N-dealkylation sites (N-methyl/N-ethyl adjacent to an activating group) is 1. The number of nitrogens with zero attached hydrogens (tertiary/aromatic N) is 1. The predicted molar refractivity (Wildman–Crippen MR) is 51.7 cm³/mol. The summed E-state index contributed by atoms with van der Waals surface area (Å²) >= 11 is 0. The van der Waals surface area contributed by atoms with Crippen molar-refractivity contribution in [2.75, 3.05) is 7.05 Å². The summed E-state index contributed by atoms with van der Waals surface area (Å²) in [5, 5.41) is 18.2. The average Bonchev–Trinajstić information content (AvgIpc) is 1.98. The van der Waals surface area contributed by atoms with E-state index in [1.54, 1.807) is 20.8 Å². The largest absolute Gasteiger partial charge is 0.480 e. The van der Waals surface area contributed by atoms with E-state index < -0.39 is 24.0 Å². The van der Waals surface area contributed by atoms with Crippen LogP contribution in [0.1, 0.15) is 27.7 Å². The second-order valence-electron chi connectivity index (χ2n) is 4.24. The summed E-state index contributed by atoms with van der Waals surface area (Å²) in [6, 6.07) is -0.785. The number of carboxylic acids is 1. The number of aliphatic carboxylic acids is 1. The Morgan fingerprint density at radius 1 is 1.43 bits per heavy atom. The van der Waals surface area contributed by atoms with E-state index in [4.69, 9.17) is 9.84 Å². The molecule has 0 aliphatic carbocycles. The lowest BCUT2D eigenvalue weighted by atomic mass is 10.2. The van der Waals surface area contributed by atoms with E-state index in [0.717, 1.165) is 0 Å². The van der Waals surface area contributed by atoms with Gasteiger partial charge in [0, 0.05) is 0 Å². The smallest absolute Gasteiger partial charge is 0.320 e. The monoisotopic (exact) mass is 205 g/mol. The van der Waals surface area contributed by atoms with E-state index >= 15 is 0 Å². The van der Waals surface area contributed by atoms with Gasteiger partial charge in [0.05, 0.1) is 5.60 Å². The molecule has 0 aliphatic heterocycles. The van der Waals surface area contributed by atoms with E-state index in [0.29, 0.717) is 0 Å². The highest BCUT2D eigenvalue weighted by Crippen LogP contribution is 2.12. The Bertz CT molecular complexity index is 199. The summed E-state index contributed by atoms with van der Waals surface area (Å²) in [4.78, 5) is 11.8. The third-order valence-electron chi connectivity index (χ3n) is 1.78. The Kier molecular flexibility index (Phi) is 4.51. The zero-order valence-corrected chi connectivity index (χ0v) is 9.31. The molecule has 5 nitrogen and oxygen atoms in total. The molecule has 0 bridgehead atoms. The van der Waals surface area contributed by atoms with E-state index in [9.17, 15) is 9.90 Å². The second-order valence-corrected chi connectivity index (χ2v) is 4.24. The van der Waals surface area contributed by atoms with E-state index in [1.165, 1.54) is 18.9 Å². The fourth-order valence-corrected chi connectivity index (χ4v) is 0.765. The molecule has 0 aromatic carbocycles. The third-order valence-corrected chi connectivity index (χ3v) is 1.78. The minimum Gasteiger partial charge on any atom is -0.480 e. The average molecular weight is 205 g/mol. The maximum atomic E-state index is 10.6. The summed E-state index contributed by atoms with van der Waals surface area (Å²) in [5.74, 6) is -0.996. The Morgan fingerprint density at radius 2 is 1.86 bits per heavy atom. The lowest BCUT2D eigenvalue weighted by molar-refractivity contribution is -0.241. The van der Waals surface area contributed by atoms with Crippen LogP contribution in [0, 0.1) is 0 Å². The number of ether oxygens (including phenoxy) is 1. The number of rotatable bonds is 4. The molecule has 0 aromatic heterocycles. The van der Waals surface area contributed by atoms with Gasteiger partial charge in [-0.25, -0.2) is 4.90 Å². The van der Waals surface area contributed by atoms with Crippen LogP contribution in [0.3, 0.4) is 0 Å². The number of carbonyl (C=O) groups is 1. The molecule has 0 amide bonds. The van der Waals surface area contributed by atoms with Crippen LogP contribution in [0.5, 0.6) is 0 Å². The molecule has 2 N–H and O–H groups in total. The van der Waals surface area contributed by atoms with Crippen LogP contribution in [0.15, 0.2) is 0 Å². The molecule has 14 heavy (non-hydrogen) atoms. The van der Waals surface area contributed by atoms with Crippen LogP contribution in [0.25, 0.3) is 0 Å². The Hall–Kier alpha value is -0.650. The highest BCUT2D eigenvalue weighted by molar-refractivity contribution is 5.72. The molecule has 2 unspecified atom stereocenters. The SMILES string of the molecule is CC(C(=O)O)N(C)C(O)OC(C)(C)C. The van der Waals surface area contributed by atoms with Gasteiger partial charge in [0.15, 0.2) is 0 Å². The molecule has 0 fully saturated rings. The van der Waals surface area contributed by atoms with Crippen molar-refractivity contribution < 1.29 is 19.7 Å². The van der Waals surface area contributed by atoms with Gasteiger partial charge >= 0.3 is 5.97 Å². The van der Waals surface area contributed by atoms with Gasteiger partial charge in [-0.2, -0.15) is 0 Å². The van der Waals surface area contributed by atoms with E-state index in [-0.39, 0.29) is 0 Å². The predicted octanol–water partition coefficient (Wildman–Crippen LogP) is 0.482. The van der Waals surface area contributed by atoms with Crippen LogP contribution in [-0.2, 0) is 9.53 Å². The fraction of sp³-hybridized carbons (Fsp3) is 0.889. The number of hydrogen-bond acceptors (Lipinski definition) is 4. The number of hydrogen-bond donors (Lipinski definition) is 2. The van der Waals surface area contributed by atoms with Gasteiger partial charge < -0.3 is 14.9 Å². The molecular formula is C9H19NO4. The van der Waals surface area contributed by atoms with Crippen molar-refractivity contribution in [1.29, 1.82) is 0 Å². The maximum Gasteiger partial charge on any atom is 0.320 e. The Morgan fingerprint density at radius 3 is 2.14 bits per heavy atom. The molecule has 0 radical (unpaired) electrons. The highest BCUT2D eigenvalue weighted by atomic mass is 16.6. The summed E-state index contributed by atoms with van der Waals surface area (Å²) < 4.78 is 5.19. The number of aliphatic hydroxyl groups excluding tert-OH is 1. The van der Waals surface area contributed by atoms with Crippen LogP contribution in [0.4, 0.5) is 0 Å². The van der Waals surface area contributed by atoms with E-state index in [2.05, 4.69) is 0 Å². The Labute approximate surface area is 84.3 Å². The van der Waals surface area contributed by atoms with Crippen LogP contribution in [0.2, 0.25) is 0 Å². The maximum absolute atomic E-state index is 10.6. The molecule has 0 aromatic rings. The standard InChI is InChI=1S/C9H19NO4/c1-6(7(11)12)10(5)8(13)14-9(2,3)4/h6,8,13H,1-5H3,(H,11,12). The van der Waals surface area contributed by atoms with Crippen LogP contribution in [-0.4, -0.2) is 46.2 Å². The van der Waals surface area contributed by atoms with Crippen LogP contribution >= 0.6 is 0 Å². The molecule has 0 rings (SSSR count). The first kappa shape index (κ1) is 13.4. The molecular weight excluding hydrogens is 186 g/mol. The van der Waals surface area contributed by atoms with Crippen molar-refractivity contribution in [3.05, 3.63) is 0 Å². The molecule has 0 saturated heterocycles. The van der Waals surface area contributed by atoms with Crippen molar-refractivity contribution in [3.8, 4) is 0 Å². The summed E-state index contributed by atoms with van der Waals surface area (Å²) in [6.07, 6.45) is -1.21. The number of carboxylic acid groups (broad SMARTS) is 1. The van der Waals surface area contributed by atoms with Gasteiger partial charge in [-0.3, -0.25) is 4.79 Å². The highest BCUT2D eigenvalue weighted by Gasteiger charge is 2.26. The quantitative estimate of drug-likeness (QED) is 0.653. The summed E-state index contributed by atoms with van der Waals surface area (Å²) in [5.41, 5.74) is -0.508. The normalized spacial score (nSPS) is 16.8. The molecule has 0 heterocycles. The minimum absolute atomic E-state index is 0.508. The lowest BCUT2D eigenvalue weighted by Gasteiger charge is -2.31. The molecule has 0 aliphatic rings. The van der Waals surface area contributed by atoms with Gasteiger partial charge in [0.1, 0.15) is 6.04 Å². The van der Waals surface area contributed by atoms with Crippen LogP contribution < -0.4 is 0 Å². The van der Waals surface area contributed by atoms with Gasteiger partial charge in [-0.1, -0.05) is 0 Å². The van der Waals surface area contributed by atoms with E-state index in [1.807, 2.05) is 0 Å². The fourth-order valence-electron chi connectivity index (χ4n) is 0.765. The summed E-state index contributed by atoms with van der Waals surface area (Å²) in [6.45, 7) is 6.85. The first-order chi connectivity index (χ1) is 6.15. The van der Waals surface area contributed by atoms with Gasteiger partial charge in [-0.15, -0.1) is 0 Å². The molecule has 0 saturated carbocycles. The van der Waals surface area contributed by atoms with Gasteiger partial charge in [-0.05, 0) is 34.7 Å². The summed E-state index contributed by atoms with van der Waals surface area (Å²) in [7, 11) is 1.50. The van der Waals surface area contributed by atoms with Gasteiger partial charge in [0.25, 0.3) is 0 Å². The first-order valence-electron chi connectivity index (χ1n) is 4.46. The molecule has 84 valence electrons. The first-order valence-corrected chi connectivity index (χ1v) is 4.46. The molecule has 5 heteroatoms. The molecule has 0 spiro atoms. The topological polar surface area (TPSA) is 70.0 Å². The van der Waals surface area contributed by atoms with Gasteiger partial charge in [0.2, 0.25) is 6.41 Å².